The number of rotatable bonds is 8. The van der Waals surface area contributed by atoms with Crippen molar-refractivity contribution in [1.82, 2.24) is 14.3 Å². The second-order valence-electron chi connectivity index (χ2n) is 9.83. The maximum Gasteiger partial charge on any atom is 0.159 e. The first-order valence-electron chi connectivity index (χ1n) is 13.2. The topological polar surface area (TPSA) is 40.9 Å². The van der Waals surface area contributed by atoms with E-state index in [2.05, 4.69) is 69.4 Å². The highest BCUT2D eigenvalue weighted by Crippen LogP contribution is 2.26. The molecule has 4 aromatic rings. The molecule has 1 aliphatic heterocycles. The number of ketones is 1. The number of Topliss-reactive ketones (excluding diaryl/α,β-unsaturated/α-hetero) is 1. The Balaban J connectivity index is 1.29. The monoisotopic (exact) mass is 480 g/mol. The number of anilines is 1. The van der Waals surface area contributed by atoms with Crippen LogP contribution < -0.4 is 4.90 Å². The third-order valence-corrected chi connectivity index (χ3v) is 7.69. The Morgan fingerprint density at radius 3 is 2.22 bits per heavy atom. The molecule has 5 nitrogen and oxygen atoms in total. The quantitative estimate of drug-likeness (QED) is 0.286. The summed E-state index contributed by atoms with van der Waals surface area (Å²) in [5, 5.41) is 0. The van der Waals surface area contributed by atoms with Gasteiger partial charge in [-0.05, 0) is 54.7 Å². The number of aromatic nitrogens is 2. The second kappa shape index (κ2) is 10.7. The third-order valence-electron chi connectivity index (χ3n) is 7.69. The highest BCUT2D eigenvalue weighted by molar-refractivity contribution is 5.94. The van der Waals surface area contributed by atoms with Crippen LogP contribution in [-0.2, 0) is 6.42 Å². The first-order chi connectivity index (χ1) is 17.6. The molecular formula is C31H36N4O. The number of hydrogen-bond acceptors (Lipinski definition) is 4. The van der Waals surface area contributed by atoms with E-state index in [0.29, 0.717) is 0 Å². The van der Waals surface area contributed by atoms with Crippen molar-refractivity contribution >= 4 is 17.1 Å². The molecule has 1 saturated heterocycles. The molecule has 3 heterocycles. The molecule has 0 saturated carbocycles. The van der Waals surface area contributed by atoms with Gasteiger partial charge in [0.2, 0.25) is 0 Å². The lowest BCUT2D eigenvalue weighted by molar-refractivity contribution is 0.101. The maximum absolute atomic E-state index is 11.6. The van der Waals surface area contributed by atoms with Gasteiger partial charge in [-0.3, -0.25) is 14.1 Å². The number of carbonyl (C=O) groups is 1. The van der Waals surface area contributed by atoms with Crippen LogP contribution in [0.1, 0.15) is 55.1 Å². The molecule has 0 unspecified atom stereocenters. The average molecular weight is 481 g/mol. The number of fused-ring (bicyclic) bond motifs is 1. The Labute approximate surface area is 214 Å². The van der Waals surface area contributed by atoms with E-state index in [1.165, 1.54) is 29.7 Å². The van der Waals surface area contributed by atoms with Crippen molar-refractivity contribution in [3.63, 3.8) is 0 Å². The summed E-state index contributed by atoms with van der Waals surface area (Å²) in [6.45, 7) is 10.7. The fraction of sp³-hybridized carbons (Fsp3) is 0.355. The van der Waals surface area contributed by atoms with Crippen molar-refractivity contribution in [2.24, 2.45) is 0 Å². The molecule has 0 aliphatic carbocycles. The molecule has 36 heavy (non-hydrogen) atoms. The molecule has 1 aliphatic rings. The van der Waals surface area contributed by atoms with Gasteiger partial charge in [0, 0.05) is 62.3 Å². The van der Waals surface area contributed by atoms with Crippen LogP contribution in [0.5, 0.6) is 0 Å². The SMILES string of the molecule is CCC(CC)N1CCN(c2ccc(Cc3ccc(-c4ccc(C(C)=O)cc4)n4ccnc34)cc2)CC1. The van der Waals surface area contributed by atoms with Gasteiger partial charge in [0.25, 0.3) is 0 Å². The van der Waals surface area contributed by atoms with Gasteiger partial charge >= 0.3 is 0 Å². The average Bonchev–Trinajstić information content (AvgIpc) is 3.41. The zero-order valence-electron chi connectivity index (χ0n) is 21.7. The molecule has 0 spiro atoms. The molecule has 2 aromatic carbocycles. The molecule has 1 fully saturated rings. The third kappa shape index (κ3) is 4.93. The molecule has 0 atom stereocenters. The van der Waals surface area contributed by atoms with Crippen molar-refractivity contribution < 1.29 is 4.79 Å². The van der Waals surface area contributed by atoms with Crippen LogP contribution in [0.4, 0.5) is 5.69 Å². The summed E-state index contributed by atoms with van der Waals surface area (Å²) in [4.78, 5) is 21.5. The van der Waals surface area contributed by atoms with E-state index in [-0.39, 0.29) is 5.78 Å². The zero-order valence-corrected chi connectivity index (χ0v) is 21.7. The van der Waals surface area contributed by atoms with Gasteiger partial charge in [0.1, 0.15) is 5.65 Å². The summed E-state index contributed by atoms with van der Waals surface area (Å²) in [5.41, 5.74) is 7.66. The van der Waals surface area contributed by atoms with E-state index in [1.807, 2.05) is 36.7 Å². The van der Waals surface area contributed by atoms with E-state index in [1.54, 1.807) is 6.92 Å². The maximum atomic E-state index is 11.6. The summed E-state index contributed by atoms with van der Waals surface area (Å²) in [6.07, 6.45) is 7.19. The van der Waals surface area contributed by atoms with Crippen molar-refractivity contribution in [3.8, 4) is 11.3 Å². The van der Waals surface area contributed by atoms with Crippen LogP contribution in [0, 0.1) is 0 Å². The fourth-order valence-corrected chi connectivity index (χ4v) is 5.51. The van der Waals surface area contributed by atoms with E-state index < -0.39 is 0 Å². The first kappa shape index (κ1) is 24.3. The van der Waals surface area contributed by atoms with Gasteiger partial charge in [-0.15, -0.1) is 0 Å². The first-order valence-corrected chi connectivity index (χ1v) is 13.2. The number of imidazole rings is 1. The number of pyridine rings is 1. The van der Waals surface area contributed by atoms with Crippen LogP contribution in [0.25, 0.3) is 16.9 Å². The molecular weight excluding hydrogens is 444 g/mol. The Bertz CT molecular complexity index is 1310. The van der Waals surface area contributed by atoms with Gasteiger partial charge in [-0.1, -0.05) is 56.3 Å². The Kier molecular flexibility index (Phi) is 7.19. The molecule has 0 N–H and O–H groups in total. The number of benzene rings is 2. The highest BCUT2D eigenvalue weighted by atomic mass is 16.1. The van der Waals surface area contributed by atoms with Gasteiger partial charge < -0.3 is 4.90 Å². The largest absolute Gasteiger partial charge is 0.369 e. The van der Waals surface area contributed by atoms with Crippen LogP contribution in [0.3, 0.4) is 0 Å². The Morgan fingerprint density at radius 1 is 0.889 bits per heavy atom. The number of nitrogens with zero attached hydrogens (tertiary/aromatic N) is 4. The number of carbonyl (C=O) groups excluding carboxylic acids is 1. The lowest BCUT2D eigenvalue weighted by Gasteiger charge is -2.39. The van der Waals surface area contributed by atoms with Crippen molar-refractivity contribution in [2.75, 3.05) is 31.1 Å². The summed E-state index contributed by atoms with van der Waals surface area (Å²) in [6, 6.07) is 21.9. The van der Waals surface area contributed by atoms with Crippen LogP contribution in [-0.4, -0.2) is 52.3 Å². The lowest BCUT2D eigenvalue weighted by Crippen LogP contribution is -2.50. The Hall–Kier alpha value is -3.44. The van der Waals surface area contributed by atoms with Crippen molar-refractivity contribution in [3.05, 3.63) is 89.7 Å². The summed E-state index contributed by atoms with van der Waals surface area (Å²) in [7, 11) is 0. The van der Waals surface area contributed by atoms with Crippen molar-refractivity contribution in [2.45, 2.75) is 46.1 Å². The highest BCUT2D eigenvalue weighted by Gasteiger charge is 2.21. The minimum atomic E-state index is 0.0829. The fourth-order valence-electron chi connectivity index (χ4n) is 5.51. The van der Waals surface area contributed by atoms with Crippen LogP contribution in [0.15, 0.2) is 73.1 Å². The predicted octanol–water partition coefficient (Wildman–Crippen LogP) is 6.11. The standard InChI is InChI=1S/C31H36N4O/c1-4-28(5-2)33-18-20-34(21-19-33)29-13-6-24(7-14-29)22-27-12-15-30(35-17-16-32-31(27)35)26-10-8-25(9-11-26)23(3)36/h6-17,28H,4-5,18-22H2,1-3H3. The van der Waals surface area contributed by atoms with Gasteiger partial charge in [-0.2, -0.15) is 0 Å². The van der Waals surface area contributed by atoms with E-state index >= 15 is 0 Å². The van der Waals surface area contributed by atoms with Gasteiger partial charge in [0.15, 0.2) is 5.78 Å². The van der Waals surface area contributed by atoms with E-state index in [9.17, 15) is 4.79 Å². The minimum Gasteiger partial charge on any atom is -0.369 e. The molecule has 186 valence electrons. The molecule has 0 bridgehead atoms. The molecule has 5 rings (SSSR count). The van der Waals surface area contributed by atoms with E-state index in [4.69, 9.17) is 0 Å². The molecule has 2 aromatic heterocycles. The molecule has 5 heteroatoms. The number of hydrogen-bond donors (Lipinski definition) is 0. The molecule has 0 radical (unpaired) electrons. The zero-order chi connectivity index (χ0) is 25.1. The van der Waals surface area contributed by atoms with Gasteiger partial charge in [0.05, 0.1) is 5.69 Å². The predicted molar refractivity (Wildman–Crippen MR) is 148 cm³/mol. The number of piperazine rings is 1. The van der Waals surface area contributed by atoms with Crippen molar-refractivity contribution in [1.29, 1.82) is 0 Å². The Morgan fingerprint density at radius 2 is 1.58 bits per heavy atom. The van der Waals surface area contributed by atoms with Gasteiger partial charge in [-0.25, -0.2) is 4.98 Å². The summed E-state index contributed by atoms with van der Waals surface area (Å²) < 4.78 is 2.14. The van der Waals surface area contributed by atoms with E-state index in [0.717, 1.165) is 61.1 Å². The van der Waals surface area contributed by atoms with Crippen LogP contribution in [0.2, 0.25) is 0 Å². The second-order valence-corrected chi connectivity index (χ2v) is 9.83. The van der Waals surface area contributed by atoms with Crippen LogP contribution >= 0.6 is 0 Å². The molecule has 0 amide bonds. The summed E-state index contributed by atoms with van der Waals surface area (Å²) in [5.74, 6) is 0.0829. The normalized spacial score (nSPS) is 14.6. The minimum absolute atomic E-state index is 0.0829. The lowest BCUT2D eigenvalue weighted by atomic mass is 10.0. The smallest absolute Gasteiger partial charge is 0.159 e. The summed E-state index contributed by atoms with van der Waals surface area (Å²) >= 11 is 0.